The summed E-state index contributed by atoms with van der Waals surface area (Å²) in [4.78, 5) is 4.97. The van der Waals surface area contributed by atoms with Crippen molar-refractivity contribution in [1.82, 2.24) is 10.3 Å². The van der Waals surface area contributed by atoms with Crippen LogP contribution in [0.2, 0.25) is 0 Å². The van der Waals surface area contributed by atoms with Gasteiger partial charge in [0.1, 0.15) is 0 Å². The molecule has 0 radical (unpaired) electrons. The fourth-order valence-electron chi connectivity index (χ4n) is 1.15. The third-order valence-electron chi connectivity index (χ3n) is 2.02. The zero-order valence-electron chi connectivity index (χ0n) is 10.2. The van der Waals surface area contributed by atoms with Gasteiger partial charge in [0.15, 0.2) is 0 Å². The number of nitrogens with one attached hydrogen (secondary N) is 1. The maximum Gasteiger partial charge on any atom is 0.389 e. The maximum absolute atomic E-state index is 12.0. The van der Waals surface area contributed by atoms with Gasteiger partial charge in [0.2, 0.25) is 0 Å². The summed E-state index contributed by atoms with van der Waals surface area (Å²) >= 11 is 1.34. The molecule has 0 aromatic carbocycles. The SMILES string of the molecule is CC(C)(C)NCc1cnc(CCC(F)(F)F)s1. The number of hydrogen-bond acceptors (Lipinski definition) is 3. The van der Waals surface area contributed by atoms with Crippen LogP contribution in [0.1, 0.15) is 37.1 Å². The van der Waals surface area contributed by atoms with Crippen molar-refractivity contribution >= 4 is 11.3 Å². The molecule has 0 fully saturated rings. The van der Waals surface area contributed by atoms with E-state index in [1.165, 1.54) is 11.3 Å². The van der Waals surface area contributed by atoms with Crippen LogP contribution >= 0.6 is 11.3 Å². The van der Waals surface area contributed by atoms with E-state index in [0.29, 0.717) is 11.6 Å². The third-order valence-corrected chi connectivity index (χ3v) is 3.07. The predicted octanol–water partition coefficient (Wildman–Crippen LogP) is 3.53. The molecule has 0 aliphatic carbocycles. The number of aromatic nitrogens is 1. The second-order valence-corrected chi connectivity index (χ2v) is 6.14. The Hall–Kier alpha value is -0.620. The van der Waals surface area contributed by atoms with Gasteiger partial charge in [-0.3, -0.25) is 0 Å². The third kappa shape index (κ3) is 6.63. The Kier molecular flexibility index (Phi) is 4.55. The number of aryl methyl sites for hydroxylation is 1. The van der Waals surface area contributed by atoms with Gasteiger partial charge in [-0.05, 0) is 20.8 Å². The predicted molar refractivity (Wildman–Crippen MR) is 63.1 cm³/mol. The molecule has 0 amide bonds. The van der Waals surface area contributed by atoms with Gasteiger partial charge in [-0.15, -0.1) is 11.3 Å². The molecular weight excluding hydrogens is 249 g/mol. The molecule has 0 bridgehead atoms. The van der Waals surface area contributed by atoms with Crippen molar-refractivity contribution in [3.05, 3.63) is 16.1 Å². The van der Waals surface area contributed by atoms with Crippen LogP contribution in [0.3, 0.4) is 0 Å². The van der Waals surface area contributed by atoms with Crippen molar-refractivity contribution < 1.29 is 13.2 Å². The molecule has 2 nitrogen and oxygen atoms in total. The van der Waals surface area contributed by atoms with Crippen molar-refractivity contribution in [2.75, 3.05) is 0 Å². The van der Waals surface area contributed by atoms with Gasteiger partial charge in [-0.25, -0.2) is 4.98 Å². The molecule has 1 aromatic heterocycles. The molecule has 0 unspecified atom stereocenters. The van der Waals surface area contributed by atoms with Gasteiger partial charge in [-0.1, -0.05) is 0 Å². The van der Waals surface area contributed by atoms with Crippen LogP contribution in [0.5, 0.6) is 0 Å². The molecule has 0 saturated heterocycles. The molecule has 0 spiro atoms. The van der Waals surface area contributed by atoms with Gasteiger partial charge in [0.25, 0.3) is 0 Å². The van der Waals surface area contributed by atoms with E-state index in [0.717, 1.165) is 4.88 Å². The lowest BCUT2D eigenvalue weighted by atomic mass is 10.1. The van der Waals surface area contributed by atoms with E-state index in [1.54, 1.807) is 6.20 Å². The van der Waals surface area contributed by atoms with Crippen molar-refractivity contribution in [2.24, 2.45) is 0 Å². The standard InChI is InChI=1S/C11H17F3N2S/c1-10(2,3)16-7-8-6-15-9(17-8)4-5-11(12,13)14/h6,16H,4-5,7H2,1-3H3. The molecule has 1 aromatic rings. The molecule has 0 aliphatic heterocycles. The van der Waals surface area contributed by atoms with Gasteiger partial charge in [0, 0.05) is 36.0 Å². The van der Waals surface area contributed by atoms with Crippen LogP contribution in [0.4, 0.5) is 13.2 Å². The Labute approximate surface area is 103 Å². The Morgan fingerprint density at radius 1 is 1.29 bits per heavy atom. The van der Waals surface area contributed by atoms with Crippen molar-refractivity contribution in [3.63, 3.8) is 0 Å². The summed E-state index contributed by atoms with van der Waals surface area (Å²) in [7, 11) is 0. The van der Waals surface area contributed by atoms with Crippen molar-refractivity contribution in [1.29, 1.82) is 0 Å². The van der Waals surface area contributed by atoms with Crippen LogP contribution in [0.15, 0.2) is 6.20 Å². The van der Waals surface area contributed by atoms with E-state index in [-0.39, 0.29) is 12.0 Å². The Bertz CT molecular complexity index is 320. The number of halogens is 3. The van der Waals surface area contributed by atoms with Gasteiger partial charge < -0.3 is 5.32 Å². The highest BCUT2D eigenvalue weighted by Crippen LogP contribution is 2.24. The Morgan fingerprint density at radius 2 is 1.94 bits per heavy atom. The zero-order valence-corrected chi connectivity index (χ0v) is 11.0. The molecule has 0 atom stereocenters. The molecule has 1 heterocycles. The molecule has 1 rings (SSSR count). The summed E-state index contributed by atoms with van der Waals surface area (Å²) in [6.45, 7) is 6.77. The second kappa shape index (κ2) is 5.35. The highest BCUT2D eigenvalue weighted by molar-refractivity contribution is 7.11. The zero-order chi connectivity index (χ0) is 13.1. The largest absolute Gasteiger partial charge is 0.389 e. The van der Waals surface area contributed by atoms with E-state index in [1.807, 2.05) is 20.8 Å². The smallest absolute Gasteiger partial charge is 0.307 e. The van der Waals surface area contributed by atoms with Crippen LogP contribution < -0.4 is 5.32 Å². The Morgan fingerprint density at radius 3 is 2.47 bits per heavy atom. The average Bonchev–Trinajstić information content (AvgIpc) is 2.57. The van der Waals surface area contributed by atoms with Gasteiger partial charge in [0.05, 0.1) is 5.01 Å². The number of rotatable bonds is 4. The summed E-state index contributed by atoms with van der Waals surface area (Å²) < 4.78 is 36.1. The van der Waals surface area contributed by atoms with Crippen LogP contribution in [-0.4, -0.2) is 16.7 Å². The topological polar surface area (TPSA) is 24.9 Å². The number of alkyl halides is 3. The average molecular weight is 266 g/mol. The maximum atomic E-state index is 12.0. The minimum absolute atomic E-state index is 0.00385. The lowest BCUT2D eigenvalue weighted by Gasteiger charge is -2.19. The minimum Gasteiger partial charge on any atom is -0.307 e. The molecular formula is C11H17F3N2S. The van der Waals surface area contributed by atoms with E-state index in [9.17, 15) is 13.2 Å². The first-order chi connectivity index (χ1) is 7.66. The molecule has 6 heteroatoms. The van der Waals surface area contributed by atoms with E-state index < -0.39 is 12.6 Å². The van der Waals surface area contributed by atoms with Crippen LogP contribution in [-0.2, 0) is 13.0 Å². The normalized spacial score (nSPS) is 13.1. The first-order valence-corrected chi connectivity index (χ1v) is 6.23. The second-order valence-electron chi connectivity index (χ2n) is 4.94. The van der Waals surface area contributed by atoms with Crippen LogP contribution in [0, 0.1) is 0 Å². The van der Waals surface area contributed by atoms with E-state index >= 15 is 0 Å². The molecule has 0 aliphatic rings. The molecule has 0 saturated carbocycles. The fraction of sp³-hybridized carbons (Fsp3) is 0.727. The van der Waals surface area contributed by atoms with Crippen molar-refractivity contribution in [2.45, 2.75) is 51.9 Å². The number of thiazole rings is 1. The molecule has 17 heavy (non-hydrogen) atoms. The monoisotopic (exact) mass is 266 g/mol. The highest BCUT2D eigenvalue weighted by Gasteiger charge is 2.27. The Balaban J connectivity index is 2.43. The summed E-state index contributed by atoms with van der Waals surface area (Å²) in [6, 6.07) is 0. The van der Waals surface area contributed by atoms with Gasteiger partial charge in [-0.2, -0.15) is 13.2 Å². The fourth-order valence-corrected chi connectivity index (χ4v) is 2.01. The number of hydrogen-bond donors (Lipinski definition) is 1. The van der Waals surface area contributed by atoms with Crippen molar-refractivity contribution in [3.8, 4) is 0 Å². The van der Waals surface area contributed by atoms with Crippen LogP contribution in [0.25, 0.3) is 0 Å². The lowest BCUT2D eigenvalue weighted by Crippen LogP contribution is -2.34. The summed E-state index contributed by atoms with van der Waals surface area (Å²) in [6.07, 6.45) is -3.28. The van der Waals surface area contributed by atoms with E-state index in [2.05, 4.69) is 10.3 Å². The minimum atomic E-state index is -4.10. The first kappa shape index (κ1) is 14.4. The number of nitrogens with zero attached hydrogens (tertiary/aromatic N) is 1. The first-order valence-electron chi connectivity index (χ1n) is 5.41. The molecule has 98 valence electrons. The van der Waals surface area contributed by atoms with E-state index in [4.69, 9.17) is 0 Å². The van der Waals surface area contributed by atoms with Gasteiger partial charge >= 0.3 is 6.18 Å². The summed E-state index contributed by atoms with van der Waals surface area (Å²) in [5.41, 5.74) is -0.00385. The summed E-state index contributed by atoms with van der Waals surface area (Å²) in [5, 5.41) is 3.82. The molecule has 1 N–H and O–H groups in total. The highest BCUT2D eigenvalue weighted by atomic mass is 32.1. The lowest BCUT2D eigenvalue weighted by molar-refractivity contribution is -0.133. The summed E-state index contributed by atoms with van der Waals surface area (Å²) in [5.74, 6) is 0. The quantitative estimate of drug-likeness (QED) is 0.901.